The van der Waals surface area contributed by atoms with E-state index in [-0.39, 0.29) is 12.5 Å². The molecule has 1 rings (SSSR count). The van der Waals surface area contributed by atoms with Gasteiger partial charge in [0.25, 0.3) is 0 Å². The molecule has 1 nitrogen and oxygen atoms in total. The average molecular weight is 259 g/mol. The van der Waals surface area contributed by atoms with Gasteiger partial charge in [0.05, 0.1) is 0 Å². The summed E-state index contributed by atoms with van der Waals surface area (Å²) in [5, 5.41) is 3.24. The maximum absolute atomic E-state index is 12.0. The summed E-state index contributed by atoms with van der Waals surface area (Å²) in [5.74, 6) is 0. The van der Waals surface area contributed by atoms with Gasteiger partial charge in [0, 0.05) is 18.2 Å². The Morgan fingerprint density at radius 1 is 1.11 bits per heavy atom. The Bertz CT molecular complexity index is 365. The van der Waals surface area contributed by atoms with Gasteiger partial charge in [-0.05, 0) is 56.9 Å². The highest BCUT2D eigenvalue weighted by molar-refractivity contribution is 5.48. The molecule has 0 aliphatic rings. The highest BCUT2D eigenvalue weighted by Gasteiger charge is 2.26. The molecule has 1 unspecified atom stereocenters. The van der Waals surface area contributed by atoms with E-state index in [1.165, 1.54) is 0 Å². The van der Waals surface area contributed by atoms with Crippen LogP contribution in [-0.2, 0) is 0 Å². The van der Waals surface area contributed by atoms with Gasteiger partial charge in [0.2, 0.25) is 0 Å². The number of aryl methyl sites for hydroxylation is 2. The monoisotopic (exact) mass is 259 g/mol. The molecule has 0 heterocycles. The summed E-state index contributed by atoms with van der Waals surface area (Å²) in [6.07, 6.45) is -4.06. The Hall–Kier alpha value is -1.19. The van der Waals surface area contributed by atoms with E-state index >= 15 is 0 Å². The fraction of sp³-hybridized carbons (Fsp3) is 0.571. The number of nitrogens with one attached hydrogen (secondary N) is 1. The maximum Gasteiger partial charge on any atom is 0.389 e. The zero-order valence-corrected chi connectivity index (χ0v) is 11.1. The fourth-order valence-corrected chi connectivity index (χ4v) is 2.02. The summed E-state index contributed by atoms with van der Waals surface area (Å²) in [4.78, 5) is 0. The molecule has 1 aromatic rings. The van der Waals surface area contributed by atoms with E-state index < -0.39 is 12.6 Å². The van der Waals surface area contributed by atoms with Crippen molar-refractivity contribution in [2.24, 2.45) is 0 Å². The Morgan fingerprint density at radius 3 is 2.17 bits per heavy atom. The summed E-state index contributed by atoms with van der Waals surface area (Å²) in [5.41, 5.74) is 3.28. The van der Waals surface area contributed by atoms with Crippen LogP contribution in [0.2, 0.25) is 0 Å². The highest BCUT2D eigenvalue weighted by atomic mass is 19.4. The van der Waals surface area contributed by atoms with Crippen LogP contribution in [-0.4, -0.2) is 12.2 Å². The molecule has 0 spiro atoms. The molecule has 0 saturated heterocycles. The third kappa shape index (κ3) is 5.94. The van der Waals surface area contributed by atoms with Gasteiger partial charge in [-0.1, -0.05) is 6.07 Å². The lowest BCUT2D eigenvalue weighted by Gasteiger charge is -2.16. The Labute approximate surface area is 106 Å². The Morgan fingerprint density at radius 2 is 1.67 bits per heavy atom. The normalized spacial score (nSPS) is 13.4. The number of alkyl halides is 3. The van der Waals surface area contributed by atoms with E-state index in [4.69, 9.17) is 0 Å². The number of rotatable bonds is 5. The van der Waals surface area contributed by atoms with Crippen LogP contribution in [0.15, 0.2) is 18.2 Å². The zero-order valence-electron chi connectivity index (χ0n) is 11.1. The lowest BCUT2D eigenvalue weighted by atomic mass is 10.1. The van der Waals surface area contributed by atoms with Crippen molar-refractivity contribution >= 4 is 5.69 Å². The predicted octanol–water partition coefficient (Wildman–Crippen LogP) is 4.84. The van der Waals surface area contributed by atoms with Crippen molar-refractivity contribution in [3.05, 3.63) is 29.3 Å². The smallest absolute Gasteiger partial charge is 0.383 e. The van der Waals surface area contributed by atoms with Crippen molar-refractivity contribution < 1.29 is 13.2 Å². The number of benzene rings is 1. The van der Waals surface area contributed by atoms with Gasteiger partial charge in [0.1, 0.15) is 0 Å². The molecule has 0 aromatic heterocycles. The van der Waals surface area contributed by atoms with Crippen LogP contribution in [0.25, 0.3) is 0 Å². The molecule has 0 aliphatic carbocycles. The standard InChI is InChI=1S/C14H20F3N/c1-10-7-11(2)9-13(8-10)18-12(3)5-4-6-14(15,16)17/h7-9,12,18H,4-6H2,1-3H3. The van der Waals surface area contributed by atoms with Crippen LogP contribution in [0.3, 0.4) is 0 Å². The lowest BCUT2D eigenvalue weighted by molar-refractivity contribution is -0.135. The van der Waals surface area contributed by atoms with E-state index in [9.17, 15) is 13.2 Å². The quantitative estimate of drug-likeness (QED) is 0.798. The van der Waals surface area contributed by atoms with Gasteiger partial charge < -0.3 is 5.32 Å². The van der Waals surface area contributed by atoms with Crippen molar-refractivity contribution in [1.29, 1.82) is 0 Å². The van der Waals surface area contributed by atoms with Crippen LogP contribution < -0.4 is 5.32 Å². The van der Waals surface area contributed by atoms with Crippen LogP contribution >= 0.6 is 0 Å². The number of halogens is 3. The van der Waals surface area contributed by atoms with Crippen LogP contribution in [0.1, 0.15) is 37.3 Å². The third-order valence-corrected chi connectivity index (χ3v) is 2.73. The first-order chi connectivity index (χ1) is 8.26. The van der Waals surface area contributed by atoms with Crippen molar-refractivity contribution in [3.8, 4) is 0 Å². The summed E-state index contributed by atoms with van der Waals surface area (Å²) in [6.45, 7) is 5.92. The highest BCUT2D eigenvalue weighted by Crippen LogP contribution is 2.23. The first-order valence-corrected chi connectivity index (χ1v) is 6.18. The summed E-state index contributed by atoms with van der Waals surface area (Å²) in [7, 11) is 0. The van der Waals surface area contributed by atoms with Gasteiger partial charge in [-0.2, -0.15) is 13.2 Å². The summed E-state index contributed by atoms with van der Waals surface area (Å²) < 4.78 is 36.1. The topological polar surface area (TPSA) is 12.0 Å². The Kier molecular flexibility index (Phi) is 5.05. The Balaban J connectivity index is 2.42. The first kappa shape index (κ1) is 14.9. The number of hydrogen-bond acceptors (Lipinski definition) is 1. The van der Waals surface area contributed by atoms with Gasteiger partial charge in [-0.25, -0.2) is 0 Å². The first-order valence-electron chi connectivity index (χ1n) is 6.18. The molecule has 0 bridgehead atoms. The minimum Gasteiger partial charge on any atom is -0.383 e. The molecular formula is C14H20F3N. The molecule has 1 aromatic carbocycles. The van der Waals surface area contributed by atoms with Crippen molar-refractivity contribution in [1.82, 2.24) is 0 Å². The maximum atomic E-state index is 12.0. The molecule has 0 aliphatic heterocycles. The average Bonchev–Trinajstić information content (AvgIpc) is 2.12. The molecule has 102 valence electrons. The zero-order chi connectivity index (χ0) is 13.8. The van der Waals surface area contributed by atoms with Crippen LogP contribution in [0, 0.1) is 13.8 Å². The van der Waals surface area contributed by atoms with E-state index in [1.807, 2.05) is 32.9 Å². The van der Waals surface area contributed by atoms with E-state index in [0.29, 0.717) is 6.42 Å². The van der Waals surface area contributed by atoms with Crippen molar-refractivity contribution in [3.63, 3.8) is 0 Å². The van der Waals surface area contributed by atoms with E-state index in [1.54, 1.807) is 0 Å². The van der Waals surface area contributed by atoms with Crippen LogP contribution in [0.5, 0.6) is 0 Å². The van der Waals surface area contributed by atoms with Crippen molar-refractivity contribution in [2.45, 2.75) is 52.3 Å². The number of anilines is 1. The second-order valence-electron chi connectivity index (χ2n) is 4.93. The molecular weight excluding hydrogens is 239 g/mol. The van der Waals surface area contributed by atoms with E-state index in [0.717, 1.165) is 16.8 Å². The SMILES string of the molecule is Cc1cc(C)cc(NC(C)CCCC(F)(F)F)c1. The molecule has 18 heavy (non-hydrogen) atoms. The molecule has 0 radical (unpaired) electrons. The minimum atomic E-state index is -4.04. The molecule has 1 N–H and O–H groups in total. The predicted molar refractivity (Wildman–Crippen MR) is 68.9 cm³/mol. The lowest BCUT2D eigenvalue weighted by Crippen LogP contribution is -2.16. The van der Waals surface area contributed by atoms with Gasteiger partial charge in [0.15, 0.2) is 0 Å². The summed E-state index contributed by atoms with van der Waals surface area (Å²) >= 11 is 0. The molecule has 4 heteroatoms. The van der Waals surface area contributed by atoms with Gasteiger partial charge in [-0.15, -0.1) is 0 Å². The largest absolute Gasteiger partial charge is 0.389 e. The molecule has 0 fully saturated rings. The van der Waals surface area contributed by atoms with E-state index in [2.05, 4.69) is 11.4 Å². The fourth-order valence-electron chi connectivity index (χ4n) is 2.02. The molecule has 0 amide bonds. The number of hydrogen-bond donors (Lipinski definition) is 1. The molecule has 1 atom stereocenters. The second-order valence-corrected chi connectivity index (χ2v) is 4.93. The minimum absolute atomic E-state index is 0.0496. The van der Waals surface area contributed by atoms with Gasteiger partial charge in [-0.3, -0.25) is 0 Å². The summed E-state index contributed by atoms with van der Waals surface area (Å²) in [6, 6.07) is 6.13. The van der Waals surface area contributed by atoms with Gasteiger partial charge >= 0.3 is 6.18 Å². The third-order valence-electron chi connectivity index (χ3n) is 2.73. The van der Waals surface area contributed by atoms with Crippen molar-refractivity contribution in [2.75, 3.05) is 5.32 Å². The molecule has 0 saturated carbocycles. The van der Waals surface area contributed by atoms with Crippen LogP contribution in [0.4, 0.5) is 18.9 Å². The second kappa shape index (κ2) is 6.12.